The lowest BCUT2D eigenvalue weighted by molar-refractivity contribution is -0.180. The lowest BCUT2D eigenvalue weighted by Gasteiger charge is -2.49. The van der Waals surface area contributed by atoms with Crippen molar-refractivity contribution >= 4 is 20.0 Å². The van der Waals surface area contributed by atoms with Crippen LogP contribution in [0, 0.1) is 17.3 Å². The van der Waals surface area contributed by atoms with E-state index < -0.39 is 13.4 Å². The van der Waals surface area contributed by atoms with Crippen molar-refractivity contribution in [1.29, 1.82) is 0 Å². The van der Waals surface area contributed by atoms with Gasteiger partial charge in [-0.1, -0.05) is 13.8 Å². The Morgan fingerprint density at radius 1 is 1.00 bits per heavy atom. The molecule has 0 unspecified atom stereocenters. The zero-order valence-corrected chi connectivity index (χ0v) is 16.7. The predicted molar refractivity (Wildman–Crippen MR) is 98.9 cm³/mol. The fraction of sp³-hybridized carbons (Fsp3) is 0.889. The summed E-state index contributed by atoms with van der Waals surface area (Å²) in [5, 5.41) is 6.50. The van der Waals surface area contributed by atoms with Crippen molar-refractivity contribution in [1.82, 2.24) is 15.1 Å². The van der Waals surface area contributed by atoms with E-state index in [0.717, 1.165) is 39.0 Å². The van der Waals surface area contributed by atoms with Crippen LogP contribution in [0.4, 0.5) is 0 Å². The Morgan fingerprint density at radius 3 is 1.96 bits per heavy atom. The van der Waals surface area contributed by atoms with Crippen molar-refractivity contribution in [2.24, 2.45) is 17.3 Å². The lowest BCUT2D eigenvalue weighted by Crippen LogP contribution is -2.62. The normalized spacial score (nSPS) is 41.9. The molecule has 0 aromatic rings. The van der Waals surface area contributed by atoms with Gasteiger partial charge in [-0.25, -0.2) is 18.6 Å². The van der Waals surface area contributed by atoms with E-state index in [1.165, 1.54) is 12.8 Å². The average Bonchev–Trinajstić information content (AvgIpc) is 2.49. The number of carbonyl (C=O) groups excluding carboxylic acids is 2. The first-order chi connectivity index (χ1) is 12.5. The first kappa shape index (κ1) is 18.6. The van der Waals surface area contributed by atoms with Gasteiger partial charge in [0.1, 0.15) is 0 Å². The summed E-state index contributed by atoms with van der Waals surface area (Å²) in [6.07, 6.45) is 5.58. The Hall–Kier alpha value is -0.750. The van der Waals surface area contributed by atoms with E-state index in [1.807, 2.05) is 0 Å². The van der Waals surface area contributed by atoms with Crippen molar-refractivity contribution in [3.05, 3.63) is 0 Å². The van der Waals surface area contributed by atoms with Gasteiger partial charge in [0.25, 0.3) is 0 Å². The molecule has 2 aliphatic carbocycles. The molecule has 0 amide bonds. The SMILES string of the molecule is CCCN(CCC)C1CC2(C1)C(=O)O[P+]1(NCC3CC(CN1)C3)OC2=O. The summed E-state index contributed by atoms with van der Waals surface area (Å²) < 4.78 is 11.6. The van der Waals surface area contributed by atoms with Gasteiger partial charge in [-0.3, -0.25) is 0 Å². The maximum atomic E-state index is 12.9. The monoisotopic (exact) mass is 384 g/mol. The fourth-order valence-corrected chi connectivity index (χ4v) is 7.01. The molecule has 2 N–H and O–H groups in total. The van der Waals surface area contributed by atoms with Crippen molar-refractivity contribution in [3.63, 3.8) is 0 Å². The second-order valence-corrected chi connectivity index (χ2v) is 10.5. The number of fused-ring (bicyclic) bond motifs is 2. The molecule has 3 aliphatic heterocycles. The van der Waals surface area contributed by atoms with Crippen LogP contribution in [0.3, 0.4) is 0 Å². The van der Waals surface area contributed by atoms with E-state index in [1.54, 1.807) is 0 Å². The minimum absolute atomic E-state index is 0.272. The molecule has 5 fully saturated rings. The Kier molecular flexibility index (Phi) is 5.01. The Bertz CT molecular complexity index is 535. The molecule has 2 saturated carbocycles. The molecule has 2 bridgehead atoms. The standard InChI is InChI=1S/C18H31N3O4P/c1-3-5-21(6-4-2)15-9-18(10-15)16(22)24-26(25-17(18)23)19-11-13-7-14(8-13)12-20-26/h13-15,19-20H,3-12H2,1-2H3/q+1. The van der Waals surface area contributed by atoms with Gasteiger partial charge in [0.15, 0.2) is 5.41 Å². The molecule has 8 heteroatoms. The topological polar surface area (TPSA) is 79.9 Å². The van der Waals surface area contributed by atoms with Gasteiger partial charge in [-0.2, -0.15) is 0 Å². The van der Waals surface area contributed by atoms with Crippen LogP contribution in [-0.2, 0) is 18.6 Å². The number of nitrogens with one attached hydrogen (secondary N) is 2. The molecule has 0 aromatic heterocycles. The van der Waals surface area contributed by atoms with E-state index in [4.69, 9.17) is 9.05 Å². The highest BCUT2D eigenvalue weighted by Crippen LogP contribution is 2.64. The highest BCUT2D eigenvalue weighted by atomic mass is 31.2. The van der Waals surface area contributed by atoms with Crippen LogP contribution in [0.5, 0.6) is 0 Å². The number of carbonyl (C=O) groups is 2. The third-order valence-corrected chi connectivity index (χ3v) is 8.46. The summed E-state index contributed by atoms with van der Waals surface area (Å²) in [6, 6.07) is 0.272. The second-order valence-electron chi connectivity index (χ2n) is 8.42. The predicted octanol–water partition coefficient (Wildman–Crippen LogP) is 2.25. The molecule has 5 rings (SSSR count). The molecule has 5 aliphatic rings. The highest BCUT2D eigenvalue weighted by molar-refractivity contribution is 7.63. The second kappa shape index (κ2) is 7.01. The maximum absolute atomic E-state index is 12.9. The third kappa shape index (κ3) is 3.07. The van der Waals surface area contributed by atoms with Crippen LogP contribution in [0.25, 0.3) is 0 Å². The van der Waals surface area contributed by atoms with Crippen LogP contribution >= 0.6 is 8.02 Å². The lowest BCUT2D eigenvalue weighted by atomic mass is 9.64. The van der Waals surface area contributed by atoms with E-state index >= 15 is 0 Å². The molecule has 146 valence electrons. The molecular formula is C18H31N3O4P+. The molecule has 3 saturated heterocycles. The van der Waals surface area contributed by atoms with Gasteiger partial charge in [0, 0.05) is 19.1 Å². The molecule has 2 spiro atoms. The number of rotatable bonds is 5. The van der Waals surface area contributed by atoms with Crippen molar-refractivity contribution < 1.29 is 18.6 Å². The largest absolute Gasteiger partial charge is 0.526 e. The van der Waals surface area contributed by atoms with Crippen LogP contribution in [0.2, 0.25) is 0 Å². The summed E-state index contributed by atoms with van der Waals surface area (Å²) in [5.41, 5.74) is -1.08. The Balaban J connectivity index is 1.42. The van der Waals surface area contributed by atoms with E-state index in [-0.39, 0.29) is 18.0 Å². The summed E-state index contributed by atoms with van der Waals surface area (Å²) in [6.45, 7) is 7.81. The van der Waals surface area contributed by atoms with Gasteiger partial charge in [-0.15, -0.1) is 10.2 Å². The van der Waals surface area contributed by atoms with Crippen molar-refractivity contribution in [2.75, 3.05) is 26.2 Å². The van der Waals surface area contributed by atoms with Crippen LogP contribution in [0.1, 0.15) is 52.4 Å². The van der Waals surface area contributed by atoms with Crippen LogP contribution in [-0.4, -0.2) is 49.1 Å². The minimum atomic E-state index is -2.82. The van der Waals surface area contributed by atoms with E-state index in [9.17, 15) is 9.59 Å². The third-order valence-electron chi connectivity index (χ3n) is 6.42. The van der Waals surface area contributed by atoms with Gasteiger partial charge >= 0.3 is 20.0 Å². The zero-order valence-electron chi connectivity index (χ0n) is 15.8. The van der Waals surface area contributed by atoms with E-state index in [0.29, 0.717) is 24.7 Å². The number of hydrogen-bond acceptors (Lipinski definition) is 7. The first-order valence-corrected chi connectivity index (χ1v) is 11.7. The van der Waals surface area contributed by atoms with Crippen molar-refractivity contribution in [3.8, 4) is 0 Å². The zero-order chi connectivity index (χ0) is 18.4. The van der Waals surface area contributed by atoms with Gasteiger partial charge in [-0.05, 0) is 63.5 Å². The van der Waals surface area contributed by atoms with Crippen LogP contribution < -0.4 is 10.2 Å². The quantitative estimate of drug-likeness (QED) is 0.556. The first-order valence-electron chi connectivity index (χ1n) is 10.1. The van der Waals surface area contributed by atoms with Crippen molar-refractivity contribution in [2.45, 2.75) is 58.4 Å². The summed E-state index contributed by atoms with van der Waals surface area (Å²) in [5.74, 6) is 0.440. The Labute approximate surface area is 156 Å². The molecule has 0 radical (unpaired) electrons. The van der Waals surface area contributed by atoms with Crippen LogP contribution in [0.15, 0.2) is 0 Å². The fourth-order valence-electron chi connectivity index (χ4n) is 4.79. The molecule has 3 heterocycles. The van der Waals surface area contributed by atoms with Gasteiger partial charge in [0.05, 0.1) is 0 Å². The molecule has 0 atom stereocenters. The number of nitrogens with zero attached hydrogens (tertiary/aromatic N) is 1. The highest BCUT2D eigenvalue weighted by Gasteiger charge is 2.71. The summed E-state index contributed by atoms with van der Waals surface area (Å²) >= 11 is 0. The number of hydrogen-bond donors (Lipinski definition) is 2. The summed E-state index contributed by atoms with van der Waals surface area (Å²) in [7, 11) is -2.82. The summed E-state index contributed by atoms with van der Waals surface area (Å²) in [4.78, 5) is 28.1. The van der Waals surface area contributed by atoms with Gasteiger partial charge < -0.3 is 4.90 Å². The Morgan fingerprint density at radius 2 is 1.50 bits per heavy atom. The average molecular weight is 384 g/mol. The molecular weight excluding hydrogens is 353 g/mol. The van der Waals surface area contributed by atoms with E-state index in [2.05, 4.69) is 28.9 Å². The minimum Gasteiger partial charge on any atom is -0.300 e. The molecule has 26 heavy (non-hydrogen) atoms. The molecule has 0 aromatic carbocycles. The maximum Gasteiger partial charge on any atom is 0.526 e. The van der Waals surface area contributed by atoms with Gasteiger partial charge in [0.2, 0.25) is 0 Å². The molecule has 7 nitrogen and oxygen atoms in total. The smallest absolute Gasteiger partial charge is 0.300 e.